The van der Waals surface area contributed by atoms with Gasteiger partial charge >= 0.3 is 0 Å². The van der Waals surface area contributed by atoms with E-state index in [0.717, 1.165) is 35.1 Å². The fraction of sp³-hybridized carbons (Fsp3) is 0.650. The highest BCUT2D eigenvalue weighted by Gasteiger charge is 2.40. The summed E-state index contributed by atoms with van der Waals surface area (Å²) in [6, 6.07) is 8.09. The van der Waals surface area contributed by atoms with Crippen LogP contribution >= 0.6 is 0 Å². The molecule has 0 saturated heterocycles. The SMILES string of the molecule is CC(C)(C)c1cc(CCC(=O)C(N)(CCCCCN)C(=O)CCc2cc(C(C)(C)C)cc(C(C)(C)C)c2O)c(O)c(C(C)(C)C)c1. The topological polar surface area (TPSA) is 127 Å². The molecule has 0 bridgehead atoms. The van der Waals surface area contributed by atoms with Crippen LogP contribution in [0.5, 0.6) is 11.5 Å². The van der Waals surface area contributed by atoms with E-state index in [2.05, 4.69) is 95.2 Å². The lowest BCUT2D eigenvalue weighted by Crippen LogP contribution is -2.55. The van der Waals surface area contributed by atoms with Crippen LogP contribution in [-0.4, -0.2) is 33.9 Å². The van der Waals surface area contributed by atoms with Crippen molar-refractivity contribution in [1.29, 1.82) is 0 Å². The molecule has 0 amide bonds. The van der Waals surface area contributed by atoms with Gasteiger partial charge in [0.2, 0.25) is 0 Å². The molecule has 0 aliphatic rings. The highest BCUT2D eigenvalue weighted by atomic mass is 16.3. The van der Waals surface area contributed by atoms with Crippen molar-refractivity contribution >= 4 is 11.6 Å². The summed E-state index contributed by atoms with van der Waals surface area (Å²) in [4.78, 5) is 27.9. The molecule has 0 unspecified atom stereocenters. The highest BCUT2D eigenvalue weighted by molar-refractivity contribution is 6.11. The fourth-order valence-corrected chi connectivity index (χ4v) is 5.88. The van der Waals surface area contributed by atoms with Crippen LogP contribution in [0.3, 0.4) is 0 Å². The second-order valence-corrected chi connectivity index (χ2v) is 17.5. The maximum absolute atomic E-state index is 14.0. The van der Waals surface area contributed by atoms with Gasteiger partial charge in [-0.1, -0.05) is 120 Å². The number of benzene rings is 2. The lowest BCUT2D eigenvalue weighted by molar-refractivity contribution is -0.135. The van der Waals surface area contributed by atoms with E-state index in [1.807, 2.05) is 12.1 Å². The second kappa shape index (κ2) is 14.6. The van der Waals surface area contributed by atoms with Crippen LogP contribution in [0, 0.1) is 0 Å². The van der Waals surface area contributed by atoms with Crippen LogP contribution in [0.25, 0.3) is 0 Å². The normalized spacial score (nSPS) is 13.3. The van der Waals surface area contributed by atoms with Gasteiger partial charge < -0.3 is 21.7 Å². The fourth-order valence-electron chi connectivity index (χ4n) is 5.88. The Morgan fingerprint density at radius 2 is 0.957 bits per heavy atom. The van der Waals surface area contributed by atoms with Crippen LogP contribution in [0.4, 0.5) is 0 Å². The van der Waals surface area contributed by atoms with Gasteiger partial charge in [-0.25, -0.2) is 0 Å². The lowest BCUT2D eigenvalue weighted by Gasteiger charge is -2.29. The van der Waals surface area contributed by atoms with E-state index in [1.165, 1.54) is 0 Å². The third-order valence-corrected chi connectivity index (χ3v) is 9.24. The number of aromatic hydroxyl groups is 2. The summed E-state index contributed by atoms with van der Waals surface area (Å²) in [5.41, 5.74) is 15.2. The average Bonchev–Trinajstić information content (AvgIpc) is 2.91. The Bertz CT molecular complexity index is 1280. The Labute approximate surface area is 279 Å². The van der Waals surface area contributed by atoms with Crippen LogP contribution in [0.1, 0.15) is 155 Å². The predicted molar refractivity (Wildman–Crippen MR) is 192 cm³/mol. The van der Waals surface area contributed by atoms with Gasteiger partial charge in [-0.3, -0.25) is 9.59 Å². The number of rotatable bonds is 13. The molecule has 0 spiro atoms. The predicted octanol–water partition coefficient (Wildman–Crippen LogP) is 8.21. The number of phenols is 2. The number of hydrogen-bond donors (Lipinski definition) is 4. The number of unbranched alkanes of at least 4 members (excludes halogenated alkanes) is 2. The number of aryl methyl sites for hydroxylation is 2. The molecule has 46 heavy (non-hydrogen) atoms. The number of ketones is 2. The quantitative estimate of drug-likeness (QED) is 0.130. The molecule has 258 valence electrons. The standard InChI is InChI=1S/C40H64N2O4/c1-36(2,3)28-22-26(34(45)30(24-28)38(7,8)9)16-18-32(43)40(42,20-14-13-15-21-41)33(44)19-17-27-23-29(37(4,5)6)25-31(35(27)46)39(10,11)12/h22-25,45-46H,13-21,41-42H2,1-12H3. The molecule has 2 aromatic rings. The van der Waals surface area contributed by atoms with Gasteiger partial charge in [-0.05, 0) is 87.3 Å². The summed E-state index contributed by atoms with van der Waals surface area (Å²) < 4.78 is 0. The Morgan fingerprint density at radius 3 is 1.26 bits per heavy atom. The third kappa shape index (κ3) is 9.90. The van der Waals surface area contributed by atoms with Crippen molar-refractivity contribution in [2.45, 2.75) is 162 Å². The van der Waals surface area contributed by atoms with Crippen LogP contribution in [0.2, 0.25) is 0 Å². The van der Waals surface area contributed by atoms with Crippen molar-refractivity contribution in [3.05, 3.63) is 57.6 Å². The van der Waals surface area contributed by atoms with Gasteiger partial charge in [0.1, 0.15) is 17.0 Å². The zero-order valence-corrected chi connectivity index (χ0v) is 31.0. The van der Waals surface area contributed by atoms with E-state index in [-0.39, 0.29) is 76.8 Å². The van der Waals surface area contributed by atoms with Crippen molar-refractivity contribution in [3.8, 4) is 11.5 Å². The van der Waals surface area contributed by atoms with Crippen molar-refractivity contribution in [2.75, 3.05) is 6.54 Å². The molecule has 0 atom stereocenters. The molecule has 2 aromatic carbocycles. The first-order chi connectivity index (χ1) is 20.8. The van der Waals surface area contributed by atoms with Crippen molar-refractivity contribution in [3.63, 3.8) is 0 Å². The minimum atomic E-state index is -1.65. The molecule has 0 heterocycles. The molecule has 0 aliphatic heterocycles. The van der Waals surface area contributed by atoms with Crippen LogP contribution in [0.15, 0.2) is 24.3 Å². The van der Waals surface area contributed by atoms with Crippen molar-refractivity contribution in [2.24, 2.45) is 11.5 Å². The maximum Gasteiger partial charge on any atom is 0.160 e. The summed E-state index contributed by atoms with van der Waals surface area (Å²) in [5.74, 6) is -0.222. The first kappa shape index (κ1) is 39.5. The van der Waals surface area contributed by atoms with E-state index in [4.69, 9.17) is 11.5 Å². The number of hydrogen-bond acceptors (Lipinski definition) is 6. The summed E-state index contributed by atoms with van der Waals surface area (Å²) in [7, 11) is 0. The van der Waals surface area contributed by atoms with E-state index in [0.29, 0.717) is 24.1 Å². The number of phenolic OH excluding ortho intramolecular Hbond substituents is 2. The lowest BCUT2D eigenvalue weighted by atomic mass is 9.76. The largest absolute Gasteiger partial charge is 0.507 e. The van der Waals surface area contributed by atoms with Crippen LogP contribution < -0.4 is 11.5 Å². The van der Waals surface area contributed by atoms with E-state index in [9.17, 15) is 19.8 Å². The third-order valence-electron chi connectivity index (χ3n) is 9.24. The molecule has 2 rings (SSSR count). The average molecular weight is 637 g/mol. The smallest absolute Gasteiger partial charge is 0.160 e. The molecule has 0 aliphatic carbocycles. The van der Waals surface area contributed by atoms with Gasteiger partial charge in [0.25, 0.3) is 0 Å². The Balaban J connectivity index is 2.44. The second-order valence-electron chi connectivity index (χ2n) is 17.5. The molecule has 0 saturated carbocycles. The summed E-state index contributed by atoms with van der Waals surface area (Å²) in [6.45, 7) is 25.7. The van der Waals surface area contributed by atoms with Gasteiger partial charge in [-0.2, -0.15) is 0 Å². The molecule has 6 heteroatoms. The minimum absolute atomic E-state index is 0.0444. The summed E-state index contributed by atoms with van der Waals surface area (Å²) >= 11 is 0. The van der Waals surface area contributed by atoms with Gasteiger partial charge in [-0.15, -0.1) is 0 Å². The molecule has 6 N–H and O–H groups in total. The first-order valence-corrected chi connectivity index (χ1v) is 17.1. The Kier molecular flexibility index (Phi) is 12.5. The Morgan fingerprint density at radius 1 is 0.587 bits per heavy atom. The summed E-state index contributed by atoms with van der Waals surface area (Å²) in [5, 5.41) is 22.6. The number of carbonyl (C=O) groups excluding carboxylic acids is 2. The van der Waals surface area contributed by atoms with Gasteiger partial charge in [0.05, 0.1) is 0 Å². The molecule has 6 nitrogen and oxygen atoms in total. The van der Waals surface area contributed by atoms with Crippen molar-refractivity contribution in [1.82, 2.24) is 0 Å². The number of Topliss-reactive ketones (excluding diaryl/α,β-unsaturated/α-hetero) is 2. The Hall–Kier alpha value is -2.70. The van der Waals surface area contributed by atoms with Crippen molar-refractivity contribution < 1.29 is 19.8 Å². The van der Waals surface area contributed by atoms with Gasteiger partial charge in [0, 0.05) is 12.8 Å². The monoisotopic (exact) mass is 636 g/mol. The molecule has 0 fully saturated rings. The van der Waals surface area contributed by atoms with E-state index in [1.54, 1.807) is 0 Å². The number of nitrogens with two attached hydrogens (primary N) is 2. The molecular weight excluding hydrogens is 572 g/mol. The number of carbonyl (C=O) groups is 2. The van der Waals surface area contributed by atoms with E-state index >= 15 is 0 Å². The molecule has 0 aromatic heterocycles. The maximum atomic E-state index is 14.0. The summed E-state index contributed by atoms with van der Waals surface area (Å²) in [6.07, 6.45) is 3.10. The minimum Gasteiger partial charge on any atom is -0.507 e. The van der Waals surface area contributed by atoms with Crippen LogP contribution in [-0.2, 0) is 44.1 Å². The first-order valence-electron chi connectivity index (χ1n) is 17.1. The molecular formula is C40H64N2O4. The highest BCUT2D eigenvalue weighted by Crippen LogP contribution is 2.40. The zero-order chi connectivity index (χ0) is 35.5. The van der Waals surface area contributed by atoms with Gasteiger partial charge in [0.15, 0.2) is 11.6 Å². The molecule has 0 radical (unpaired) electrons. The van der Waals surface area contributed by atoms with E-state index < -0.39 is 5.54 Å². The zero-order valence-electron chi connectivity index (χ0n) is 31.0.